The molecule has 6 heteroatoms. The van der Waals surface area contributed by atoms with Crippen LogP contribution in [0.15, 0.2) is 18.2 Å². The van der Waals surface area contributed by atoms with Crippen molar-refractivity contribution in [3.63, 3.8) is 0 Å². The summed E-state index contributed by atoms with van der Waals surface area (Å²) in [5.41, 5.74) is 0.926. The van der Waals surface area contributed by atoms with E-state index in [0.29, 0.717) is 22.5 Å². The van der Waals surface area contributed by atoms with Crippen molar-refractivity contribution in [3.8, 4) is 0 Å². The highest BCUT2D eigenvalue weighted by Gasteiger charge is 2.25. The van der Waals surface area contributed by atoms with Gasteiger partial charge in [-0.1, -0.05) is 55.5 Å². The average molecular weight is 422 g/mol. The topological polar surface area (TPSA) is 23.6 Å². The Labute approximate surface area is 174 Å². The van der Waals surface area contributed by atoms with Crippen LogP contribution in [0.1, 0.15) is 51.0 Å². The van der Waals surface area contributed by atoms with Crippen LogP contribution >= 0.6 is 35.6 Å². The summed E-state index contributed by atoms with van der Waals surface area (Å²) in [6, 6.07) is 6.03. The fourth-order valence-corrected chi connectivity index (χ4v) is 3.78. The first-order chi connectivity index (χ1) is 12.0. The number of unbranched alkanes of at least 4 members (excludes halogenated alkanes) is 3. The summed E-state index contributed by atoms with van der Waals surface area (Å²) in [6.45, 7) is 5.12. The molecule has 0 aromatic heterocycles. The Kier molecular flexibility index (Phi) is 10.9. The number of rotatable bonds is 8. The molecular weight excluding hydrogens is 391 g/mol. The van der Waals surface area contributed by atoms with E-state index in [1.54, 1.807) is 12.1 Å². The normalized spacial score (nSPS) is 15.2. The summed E-state index contributed by atoms with van der Waals surface area (Å²) in [5, 5.41) is 1.04. The van der Waals surface area contributed by atoms with Crippen molar-refractivity contribution < 1.29 is 4.79 Å². The summed E-state index contributed by atoms with van der Waals surface area (Å²) in [6.07, 6.45) is 7.74. The number of nitrogens with zero attached hydrogens (tertiary/aromatic N) is 2. The van der Waals surface area contributed by atoms with E-state index in [1.807, 2.05) is 11.0 Å². The number of likely N-dealkylation sites (tertiary alicyclic amines) is 1. The van der Waals surface area contributed by atoms with Gasteiger partial charge in [-0.15, -0.1) is 12.4 Å². The van der Waals surface area contributed by atoms with E-state index in [9.17, 15) is 4.79 Å². The highest BCUT2D eigenvalue weighted by molar-refractivity contribution is 6.42. The molecule has 1 heterocycles. The van der Waals surface area contributed by atoms with E-state index in [2.05, 4.69) is 18.9 Å². The van der Waals surface area contributed by atoms with Gasteiger partial charge >= 0.3 is 0 Å². The second kappa shape index (κ2) is 12.1. The molecule has 0 unspecified atom stereocenters. The molecule has 0 spiro atoms. The zero-order valence-corrected chi connectivity index (χ0v) is 18.2. The van der Waals surface area contributed by atoms with Crippen LogP contribution in [-0.2, 0) is 11.2 Å². The number of piperidine rings is 1. The summed E-state index contributed by atoms with van der Waals surface area (Å²) in [7, 11) is 2.23. The summed E-state index contributed by atoms with van der Waals surface area (Å²) in [4.78, 5) is 17.0. The van der Waals surface area contributed by atoms with Crippen LogP contribution in [0.25, 0.3) is 0 Å². The minimum atomic E-state index is 0. The Balaban J connectivity index is 0.00000338. The number of hydrogen-bond acceptors (Lipinski definition) is 2. The standard InChI is InChI=1S/C20H30Cl2N2O.ClH/c1-3-4-5-6-11-23(2)17-9-12-24(13-10-17)20(25)15-16-7-8-18(21)19(22)14-16;/h7-8,14,17H,3-6,9-13,15H2,1-2H3;1H. The maximum Gasteiger partial charge on any atom is 0.226 e. The van der Waals surface area contributed by atoms with Crippen LogP contribution in [0, 0.1) is 0 Å². The molecule has 26 heavy (non-hydrogen) atoms. The molecule has 0 aliphatic carbocycles. The number of halogens is 3. The summed E-state index contributed by atoms with van der Waals surface area (Å²) >= 11 is 12.0. The van der Waals surface area contributed by atoms with E-state index in [1.165, 1.54) is 32.2 Å². The van der Waals surface area contributed by atoms with Crippen molar-refractivity contribution in [1.82, 2.24) is 9.80 Å². The van der Waals surface area contributed by atoms with Gasteiger partial charge in [0.05, 0.1) is 16.5 Å². The molecule has 1 aliphatic heterocycles. The number of amides is 1. The molecule has 1 aliphatic rings. The van der Waals surface area contributed by atoms with E-state index in [0.717, 1.165) is 31.5 Å². The minimum absolute atomic E-state index is 0. The van der Waals surface area contributed by atoms with Gasteiger partial charge in [0.1, 0.15) is 0 Å². The third kappa shape index (κ3) is 7.26. The van der Waals surface area contributed by atoms with Crippen LogP contribution in [-0.4, -0.2) is 48.4 Å². The zero-order chi connectivity index (χ0) is 18.2. The van der Waals surface area contributed by atoms with Crippen LogP contribution in [0.2, 0.25) is 10.0 Å². The molecular formula is C20H31Cl3N2O. The van der Waals surface area contributed by atoms with Crippen LogP contribution in [0.3, 0.4) is 0 Å². The van der Waals surface area contributed by atoms with E-state index >= 15 is 0 Å². The fourth-order valence-electron chi connectivity index (χ4n) is 3.46. The summed E-state index contributed by atoms with van der Waals surface area (Å²) in [5.74, 6) is 0.183. The first kappa shape index (κ1) is 23.6. The van der Waals surface area contributed by atoms with Gasteiger partial charge in [0.15, 0.2) is 0 Å². The lowest BCUT2D eigenvalue weighted by Crippen LogP contribution is -2.46. The molecule has 0 saturated carbocycles. The van der Waals surface area contributed by atoms with Gasteiger partial charge < -0.3 is 9.80 Å². The van der Waals surface area contributed by atoms with Gasteiger partial charge in [-0.3, -0.25) is 4.79 Å². The average Bonchev–Trinajstić information content (AvgIpc) is 2.62. The van der Waals surface area contributed by atoms with Crippen molar-refractivity contribution in [2.75, 3.05) is 26.7 Å². The first-order valence-electron chi connectivity index (χ1n) is 9.43. The summed E-state index contributed by atoms with van der Waals surface area (Å²) < 4.78 is 0. The van der Waals surface area contributed by atoms with Gasteiger partial charge in [-0.05, 0) is 50.6 Å². The highest BCUT2D eigenvalue weighted by Crippen LogP contribution is 2.23. The van der Waals surface area contributed by atoms with E-state index < -0.39 is 0 Å². The molecule has 0 N–H and O–H groups in total. The maximum atomic E-state index is 12.5. The predicted molar refractivity (Wildman–Crippen MR) is 114 cm³/mol. The van der Waals surface area contributed by atoms with Crippen LogP contribution in [0.4, 0.5) is 0 Å². The number of carbonyl (C=O) groups excluding carboxylic acids is 1. The lowest BCUT2D eigenvalue weighted by Gasteiger charge is -2.37. The Morgan fingerprint density at radius 2 is 1.85 bits per heavy atom. The van der Waals surface area contributed by atoms with Crippen molar-refractivity contribution >= 4 is 41.5 Å². The van der Waals surface area contributed by atoms with E-state index in [-0.39, 0.29) is 18.3 Å². The largest absolute Gasteiger partial charge is 0.342 e. The van der Waals surface area contributed by atoms with Crippen LogP contribution < -0.4 is 0 Å². The molecule has 1 fully saturated rings. The molecule has 1 amide bonds. The lowest BCUT2D eigenvalue weighted by molar-refractivity contribution is -0.132. The van der Waals surface area contributed by atoms with Crippen LogP contribution in [0.5, 0.6) is 0 Å². The number of benzene rings is 1. The molecule has 3 nitrogen and oxygen atoms in total. The minimum Gasteiger partial charge on any atom is -0.342 e. The third-order valence-electron chi connectivity index (χ3n) is 5.14. The molecule has 0 bridgehead atoms. The molecule has 1 aromatic carbocycles. The molecule has 1 saturated heterocycles. The molecule has 1 aromatic rings. The Bertz CT molecular complexity index is 560. The molecule has 0 atom stereocenters. The van der Waals surface area contributed by atoms with Crippen molar-refractivity contribution in [2.45, 2.75) is 57.9 Å². The van der Waals surface area contributed by atoms with Gasteiger partial charge in [0.25, 0.3) is 0 Å². The zero-order valence-electron chi connectivity index (χ0n) is 15.8. The van der Waals surface area contributed by atoms with Crippen molar-refractivity contribution in [2.24, 2.45) is 0 Å². The third-order valence-corrected chi connectivity index (χ3v) is 5.88. The number of hydrogen-bond donors (Lipinski definition) is 0. The Morgan fingerprint density at radius 1 is 1.15 bits per heavy atom. The van der Waals surface area contributed by atoms with E-state index in [4.69, 9.17) is 23.2 Å². The van der Waals surface area contributed by atoms with Gasteiger partial charge in [-0.25, -0.2) is 0 Å². The smallest absolute Gasteiger partial charge is 0.226 e. The maximum absolute atomic E-state index is 12.5. The number of carbonyl (C=O) groups is 1. The second-order valence-corrected chi connectivity index (χ2v) is 7.89. The molecule has 148 valence electrons. The first-order valence-corrected chi connectivity index (χ1v) is 10.2. The Morgan fingerprint density at radius 3 is 2.46 bits per heavy atom. The fraction of sp³-hybridized carbons (Fsp3) is 0.650. The van der Waals surface area contributed by atoms with Gasteiger partial charge in [0.2, 0.25) is 5.91 Å². The molecule has 0 radical (unpaired) electrons. The monoisotopic (exact) mass is 420 g/mol. The quantitative estimate of drug-likeness (QED) is 0.520. The second-order valence-electron chi connectivity index (χ2n) is 7.08. The van der Waals surface area contributed by atoms with Crippen molar-refractivity contribution in [1.29, 1.82) is 0 Å². The molecule has 2 rings (SSSR count). The highest BCUT2D eigenvalue weighted by atomic mass is 35.5. The van der Waals surface area contributed by atoms with Crippen molar-refractivity contribution in [3.05, 3.63) is 33.8 Å². The van der Waals surface area contributed by atoms with Gasteiger partial charge in [-0.2, -0.15) is 0 Å². The Hall–Kier alpha value is -0.480. The predicted octanol–water partition coefficient (Wildman–Crippen LogP) is 5.46. The van der Waals surface area contributed by atoms with Gasteiger partial charge in [0, 0.05) is 19.1 Å². The lowest BCUT2D eigenvalue weighted by atomic mass is 10.0. The SMILES string of the molecule is CCCCCCN(C)C1CCN(C(=O)Cc2ccc(Cl)c(Cl)c2)CC1.Cl.